The number of halogens is 3. The lowest BCUT2D eigenvalue weighted by Crippen LogP contribution is -2.34. The summed E-state index contributed by atoms with van der Waals surface area (Å²) >= 11 is 5.96. The third-order valence-electron chi connectivity index (χ3n) is 4.97. The number of carbonyl (C=O) groups is 2. The molecule has 0 aliphatic heterocycles. The van der Waals surface area contributed by atoms with Gasteiger partial charge >= 0.3 is 6.09 Å². The molecular formula is C25H23ClF2N2O4. The zero-order chi connectivity index (χ0) is 24.5. The summed E-state index contributed by atoms with van der Waals surface area (Å²) in [4.78, 5) is 25.8. The molecule has 0 saturated carbocycles. The van der Waals surface area contributed by atoms with Crippen LogP contribution in [0.1, 0.15) is 27.9 Å². The van der Waals surface area contributed by atoms with E-state index in [-0.39, 0.29) is 49.0 Å². The summed E-state index contributed by atoms with van der Waals surface area (Å²) in [7, 11) is 0. The van der Waals surface area contributed by atoms with E-state index in [0.29, 0.717) is 11.4 Å². The molecule has 178 valence electrons. The van der Waals surface area contributed by atoms with Crippen LogP contribution in [0.15, 0.2) is 66.7 Å². The molecule has 34 heavy (non-hydrogen) atoms. The number of hydrogen-bond donors (Lipinski definition) is 2. The number of benzene rings is 3. The van der Waals surface area contributed by atoms with Crippen LogP contribution in [0.3, 0.4) is 0 Å². The summed E-state index contributed by atoms with van der Waals surface area (Å²) in [6, 6.07) is 16.8. The first-order chi connectivity index (χ1) is 16.3. The van der Waals surface area contributed by atoms with Gasteiger partial charge in [-0.25, -0.2) is 13.6 Å². The zero-order valence-electron chi connectivity index (χ0n) is 18.1. The van der Waals surface area contributed by atoms with E-state index in [2.05, 4.69) is 5.32 Å². The van der Waals surface area contributed by atoms with Crippen LogP contribution in [0.5, 0.6) is 5.75 Å². The van der Waals surface area contributed by atoms with Crippen molar-refractivity contribution >= 4 is 23.6 Å². The maximum absolute atomic E-state index is 14.0. The van der Waals surface area contributed by atoms with Gasteiger partial charge in [-0.05, 0) is 48.4 Å². The fourth-order valence-corrected chi connectivity index (χ4v) is 3.39. The lowest BCUT2D eigenvalue weighted by Gasteiger charge is -2.24. The number of para-hydroxylation sites is 1. The fourth-order valence-electron chi connectivity index (χ4n) is 3.26. The van der Waals surface area contributed by atoms with Gasteiger partial charge in [0.15, 0.2) is 0 Å². The van der Waals surface area contributed by atoms with Gasteiger partial charge in [-0.3, -0.25) is 4.79 Å². The zero-order valence-corrected chi connectivity index (χ0v) is 18.9. The van der Waals surface area contributed by atoms with Crippen molar-refractivity contribution in [2.75, 3.05) is 13.1 Å². The molecule has 6 nitrogen and oxygen atoms in total. The van der Waals surface area contributed by atoms with Crippen molar-refractivity contribution in [3.05, 3.63) is 100 Å². The topological polar surface area (TPSA) is 78.9 Å². The van der Waals surface area contributed by atoms with Crippen molar-refractivity contribution in [3.8, 4) is 5.75 Å². The van der Waals surface area contributed by atoms with Crippen molar-refractivity contribution in [1.29, 1.82) is 0 Å². The highest BCUT2D eigenvalue weighted by molar-refractivity contribution is 6.30. The van der Waals surface area contributed by atoms with Crippen LogP contribution in [0.4, 0.5) is 13.6 Å². The fraction of sp³-hybridized carbons (Fsp3) is 0.200. The van der Waals surface area contributed by atoms with Crippen molar-refractivity contribution in [1.82, 2.24) is 10.2 Å². The Hall–Kier alpha value is -3.65. The molecule has 3 aromatic carbocycles. The normalized spacial score (nSPS) is 10.6. The lowest BCUT2D eigenvalue weighted by atomic mass is 10.1. The maximum atomic E-state index is 14.0. The number of amides is 2. The molecule has 9 heteroatoms. The van der Waals surface area contributed by atoms with Gasteiger partial charge in [0.1, 0.15) is 24.0 Å². The molecule has 0 aliphatic rings. The number of rotatable bonds is 10. The van der Waals surface area contributed by atoms with Crippen molar-refractivity contribution in [2.24, 2.45) is 0 Å². The van der Waals surface area contributed by atoms with Gasteiger partial charge in [0.2, 0.25) is 0 Å². The Bertz CT molecular complexity index is 1140. The van der Waals surface area contributed by atoms with Gasteiger partial charge in [-0.15, -0.1) is 0 Å². The summed E-state index contributed by atoms with van der Waals surface area (Å²) in [5.41, 5.74) is 1.27. The first-order valence-corrected chi connectivity index (χ1v) is 10.9. The Morgan fingerprint density at radius 3 is 2.47 bits per heavy atom. The Morgan fingerprint density at radius 1 is 1.03 bits per heavy atom. The Labute approximate surface area is 200 Å². The number of nitrogens with one attached hydrogen (secondary N) is 1. The van der Waals surface area contributed by atoms with Gasteiger partial charge in [0.25, 0.3) is 5.91 Å². The van der Waals surface area contributed by atoms with Crippen molar-refractivity contribution < 1.29 is 28.2 Å². The lowest BCUT2D eigenvalue weighted by molar-refractivity contribution is 0.0736. The van der Waals surface area contributed by atoms with E-state index < -0.39 is 17.7 Å². The minimum atomic E-state index is -1.14. The van der Waals surface area contributed by atoms with E-state index in [0.717, 1.165) is 17.7 Å². The van der Waals surface area contributed by atoms with Gasteiger partial charge in [-0.1, -0.05) is 35.9 Å². The van der Waals surface area contributed by atoms with Gasteiger partial charge in [-0.2, -0.15) is 0 Å². The van der Waals surface area contributed by atoms with Crippen LogP contribution >= 0.6 is 11.6 Å². The van der Waals surface area contributed by atoms with Crippen LogP contribution < -0.4 is 10.1 Å². The summed E-state index contributed by atoms with van der Waals surface area (Å²) in [6.45, 7) is 0.546. The quantitative estimate of drug-likeness (QED) is 0.369. The van der Waals surface area contributed by atoms with Crippen molar-refractivity contribution in [3.63, 3.8) is 0 Å². The Kier molecular flexibility index (Phi) is 8.81. The average Bonchev–Trinajstić information content (AvgIpc) is 2.81. The predicted molar refractivity (Wildman–Crippen MR) is 124 cm³/mol. The smallest absolute Gasteiger partial charge is 0.404 e. The molecule has 0 saturated heterocycles. The largest absolute Gasteiger partial charge is 0.488 e. The summed E-state index contributed by atoms with van der Waals surface area (Å²) in [6.07, 6.45) is -0.738. The highest BCUT2D eigenvalue weighted by atomic mass is 35.5. The molecule has 0 radical (unpaired) electrons. The maximum Gasteiger partial charge on any atom is 0.404 e. The molecule has 0 spiro atoms. The van der Waals surface area contributed by atoms with E-state index in [1.54, 1.807) is 53.4 Å². The second-order valence-corrected chi connectivity index (χ2v) is 7.90. The molecule has 0 aromatic heterocycles. The van der Waals surface area contributed by atoms with E-state index >= 15 is 0 Å². The molecule has 0 unspecified atom stereocenters. The highest BCUT2D eigenvalue weighted by Crippen LogP contribution is 2.23. The average molecular weight is 489 g/mol. The van der Waals surface area contributed by atoms with E-state index in [1.807, 2.05) is 0 Å². The molecule has 3 rings (SSSR count). The Morgan fingerprint density at radius 2 is 1.76 bits per heavy atom. The molecular weight excluding hydrogens is 466 g/mol. The molecule has 2 amide bonds. The predicted octanol–water partition coefficient (Wildman–Crippen LogP) is 5.50. The second kappa shape index (κ2) is 12.0. The third-order valence-corrected chi connectivity index (χ3v) is 5.22. The summed E-state index contributed by atoms with van der Waals surface area (Å²) in [5, 5.41) is 11.6. The van der Waals surface area contributed by atoms with E-state index in [1.165, 1.54) is 6.07 Å². The minimum absolute atomic E-state index is 0.154. The van der Waals surface area contributed by atoms with Crippen LogP contribution in [-0.4, -0.2) is 35.1 Å². The summed E-state index contributed by atoms with van der Waals surface area (Å²) < 4.78 is 32.9. The number of hydrogen-bond acceptors (Lipinski definition) is 3. The molecule has 0 bridgehead atoms. The number of ether oxygens (including phenoxy) is 1. The standard InChI is InChI=1S/C25H23ClF2N2O4/c26-19-9-6-17(7-10-19)15-30(13-3-12-29-25(32)33)24(31)21-4-1-2-5-23(21)34-16-18-8-11-20(27)14-22(18)28/h1-2,4-11,14,29H,3,12-13,15-16H2,(H,32,33). The molecule has 0 aliphatic carbocycles. The number of nitrogens with zero attached hydrogens (tertiary/aromatic N) is 1. The first kappa shape index (κ1) is 25.0. The first-order valence-electron chi connectivity index (χ1n) is 10.5. The van der Waals surface area contributed by atoms with Crippen LogP contribution in [-0.2, 0) is 13.2 Å². The molecule has 2 N–H and O–H groups in total. The van der Waals surface area contributed by atoms with Crippen LogP contribution in [0.2, 0.25) is 5.02 Å². The monoisotopic (exact) mass is 488 g/mol. The molecule has 0 heterocycles. The molecule has 0 atom stereocenters. The van der Waals surface area contributed by atoms with Crippen LogP contribution in [0.25, 0.3) is 0 Å². The van der Waals surface area contributed by atoms with Crippen molar-refractivity contribution in [2.45, 2.75) is 19.6 Å². The Balaban J connectivity index is 1.78. The van der Waals surface area contributed by atoms with Crippen LogP contribution in [0, 0.1) is 11.6 Å². The van der Waals surface area contributed by atoms with E-state index in [9.17, 15) is 18.4 Å². The molecule has 0 fully saturated rings. The third kappa shape index (κ3) is 7.18. The van der Waals surface area contributed by atoms with Gasteiger partial charge in [0, 0.05) is 36.3 Å². The summed E-state index contributed by atoms with van der Waals surface area (Å²) in [5.74, 6) is -1.51. The number of carbonyl (C=O) groups excluding carboxylic acids is 1. The highest BCUT2D eigenvalue weighted by Gasteiger charge is 2.20. The minimum Gasteiger partial charge on any atom is -0.488 e. The molecule has 3 aromatic rings. The number of carboxylic acid groups (broad SMARTS) is 1. The van der Waals surface area contributed by atoms with E-state index in [4.69, 9.17) is 21.4 Å². The van der Waals surface area contributed by atoms with Gasteiger partial charge in [0.05, 0.1) is 5.56 Å². The second-order valence-electron chi connectivity index (χ2n) is 7.46. The van der Waals surface area contributed by atoms with Gasteiger partial charge < -0.3 is 20.1 Å². The SMILES string of the molecule is O=C(O)NCCCN(Cc1ccc(Cl)cc1)C(=O)c1ccccc1OCc1ccc(F)cc1F.